The molecular formula is C15H16FN3O. The summed E-state index contributed by atoms with van der Waals surface area (Å²) in [5, 5.41) is 0. The highest BCUT2D eigenvalue weighted by Crippen LogP contribution is 2.19. The monoisotopic (exact) mass is 273 g/mol. The molecule has 4 nitrogen and oxygen atoms in total. The van der Waals surface area contributed by atoms with Crippen LogP contribution in [-0.4, -0.2) is 13.0 Å². The molecule has 0 fully saturated rings. The van der Waals surface area contributed by atoms with Gasteiger partial charge in [-0.25, -0.2) is 4.39 Å². The molecule has 2 rings (SSSR count). The SMILES string of the molecule is CN(Cc1cc(C(N)=O)ccc1F)c1ccc(N)cc1. The molecule has 0 bridgehead atoms. The van der Waals surface area contributed by atoms with E-state index in [9.17, 15) is 9.18 Å². The Labute approximate surface area is 116 Å². The van der Waals surface area contributed by atoms with Gasteiger partial charge >= 0.3 is 0 Å². The van der Waals surface area contributed by atoms with Crippen LogP contribution in [0.5, 0.6) is 0 Å². The minimum absolute atomic E-state index is 0.298. The van der Waals surface area contributed by atoms with Crippen LogP contribution < -0.4 is 16.4 Å². The predicted molar refractivity (Wildman–Crippen MR) is 77.9 cm³/mol. The third kappa shape index (κ3) is 3.06. The first-order valence-electron chi connectivity index (χ1n) is 6.12. The molecule has 20 heavy (non-hydrogen) atoms. The fraction of sp³-hybridized carbons (Fsp3) is 0.133. The zero-order valence-corrected chi connectivity index (χ0v) is 11.1. The number of nitrogens with zero attached hydrogens (tertiary/aromatic N) is 1. The second kappa shape index (κ2) is 5.61. The van der Waals surface area contributed by atoms with E-state index >= 15 is 0 Å². The van der Waals surface area contributed by atoms with Crippen LogP contribution in [-0.2, 0) is 6.54 Å². The summed E-state index contributed by atoms with van der Waals surface area (Å²) in [6.45, 7) is 0.330. The maximum absolute atomic E-state index is 13.8. The standard InChI is InChI=1S/C15H16FN3O/c1-19(13-5-3-12(17)4-6-13)9-11-8-10(15(18)20)2-7-14(11)16/h2-8H,9,17H2,1H3,(H2,18,20). The zero-order valence-electron chi connectivity index (χ0n) is 11.1. The Bertz CT molecular complexity index is 626. The Hall–Kier alpha value is -2.56. The first-order valence-corrected chi connectivity index (χ1v) is 6.12. The first-order chi connectivity index (χ1) is 9.47. The van der Waals surface area contributed by atoms with Crippen LogP contribution >= 0.6 is 0 Å². The smallest absolute Gasteiger partial charge is 0.248 e. The van der Waals surface area contributed by atoms with Gasteiger partial charge in [-0.1, -0.05) is 0 Å². The molecule has 0 aliphatic carbocycles. The van der Waals surface area contributed by atoms with E-state index in [0.717, 1.165) is 5.69 Å². The predicted octanol–water partition coefficient (Wildman–Crippen LogP) is 2.14. The van der Waals surface area contributed by atoms with Crippen molar-refractivity contribution in [2.45, 2.75) is 6.54 Å². The van der Waals surface area contributed by atoms with Crippen LogP contribution in [0.25, 0.3) is 0 Å². The molecule has 0 aliphatic rings. The minimum atomic E-state index is -0.568. The van der Waals surface area contributed by atoms with Crippen LogP contribution in [0, 0.1) is 5.82 Å². The summed E-state index contributed by atoms with van der Waals surface area (Å²) in [7, 11) is 1.84. The Morgan fingerprint density at radius 1 is 1.20 bits per heavy atom. The molecule has 2 aromatic rings. The Balaban J connectivity index is 2.22. The number of halogens is 1. The van der Waals surface area contributed by atoms with Crippen molar-refractivity contribution in [2.75, 3.05) is 17.7 Å². The molecule has 5 heteroatoms. The fourth-order valence-electron chi connectivity index (χ4n) is 1.92. The highest BCUT2D eigenvalue weighted by Gasteiger charge is 2.10. The summed E-state index contributed by atoms with van der Waals surface area (Å²) in [5.41, 5.74) is 13.1. The van der Waals surface area contributed by atoms with Crippen LogP contribution in [0.3, 0.4) is 0 Å². The fourth-order valence-corrected chi connectivity index (χ4v) is 1.92. The van der Waals surface area contributed by atoms with Gasteiger partial charge in [0, 0.05) is 36.1 Å². The number of carbonyl (C=O) groups excluding carboxylic acids is 1. The van der Waals surface area contributed by atoms with Crippen molar-refractivity contribution in [3.8, 4) is 0 Å². The minimum Gasteiger partial charge on any atom is -0.399 e. The van der Waals surface area contributed by atoms with Crippen molar-refractivity contribution < 1.29 is 9.18 Å². The highest BCUT2D eigenvalue weighted by atomic mass is 19.1. The molecule has 0 radical (unpaired) electrons. The van der Waals surface area contributed by atoms with Crippen LogP contribution in [0.2, 0.25) is 0 Å². The number of nitrogen functional groups attached to an aromatic ring is 1. The van der Waals surface area contributed by atoms with Crippen molar-refractivity contribution in [3.63, 3.8) is 0 Å². The van der Waals surface area contributed by atoms with Gasteiger partial charge in [0.15, 0.2) is 0 Å². The molecule has 1 amide bonds. The average Bonchev–Trinajstić information content (AvgIpc) is 2.41. The second-order valence-corrected chi connectivity index (χ2v) is 4.62. The first kappa shape index (κ1) is 13.9. The third-order valence-corrected chi connectivity index (χ3v) is 3.07. The van der Waals surface area contributed by atoms with E-state index in [1.54, 1.807) is 12.1 Å². The maximum Gasteiger partial charge on any atom is 0.248 e. The largest absolute Gasteiger partial charge is 0.399 e. The van der Waals surface area contributed by atoms with E-state index in [4.69, 9.17) is 11.5 Å². The molecule has 104 valence electrons. The molecule has 0 saturated heterocycles. The Morgan fingerprint density at radius 3 is 2.45 bits per heavy atom. The quantitative estimate of drug-likeness (QED) is 0.838. The number of primary amides is 1. The lowest BCUT2D eigenvalue weighted by Gasteiger charge is -2.20. The van der Waals surface area contributed by atoms with E-state index in [1.807, 2.05) is 24.1 Å². The third-order valence-electron chi connectivity index (χ3n) is 3.07. The van der Waals surface area contributed by atoms with Crippen molar-refractivity contribution in [3.05, 3.63) is 59.4 Å². The van der Waals surface area contributed by atoms with E-state index in [2.05, 4.69) is 0 Å². The molecule has 0 aromatic heterocycles. The molecule has 0 saturated carbocycles. The second-order valence-electron chi connectivity index (χ2n) is 4.62. The number of hydrogen-bond donors (Lipinski definition) is 2. The van der Waals surface area contributed by atoms with E-state index < -0.39 is 5.91 Å². The van der Waals surface area contributed by atoms with Crippen molar-refractivity contribution in [2.24, 2.45) is 5.73 Å². The Kier molecular flexibility index (Phi) is 3.89. The molecule has 0 aliphatic heterocycles. The van der Waals surface area contributed by atoms with Crippen molar-refractivity contribution in [1.29, 1.82) is 0 Å². The average molecular weight is 273 g/mol. The molecule has 0 unspecified atom stereocenters. The normalized spacial score (nSPS) is 10.3. The highest BCUT2D eigenvalue weighted by molar-refractivity contribution is 5.92. The van der Waals surface area contributed by atoms with Gasteiger partial charge < -0.3 is 16.4 Å². The van der Waals surface area contributed by atoms with Crippen LogP contribution in [0.4, 0.5) is 15.8 Å². The molecule has 0 atom stereocenters. The van der Waals surface area contributed by atoms with Crippen molar-refractivity contribution >= 4 is 17.3 Å². The summed E-state index contributed by atoms with van der Waals surface area (Å²) in [6.07, 6.45) is 0. The number of benzene rings is 2. The van der Waals surface area contributed by atoms with Crippen LogP contribution in [0.1, 0.15) is 15.9 Å². The van der Waals surface area contributed by atoms with Gasteiger partial charge in [0.25, 0.3) is 0 Å². The van der Waals surface area contributed by atoms with Crippen LogP contribution in [0.15, 0.2) is 42.5 Å². The summed E-state index contributed by atoms with van der Waals surface area (Å²) < 4.78 is 13.8. The van der Waals surface area contributed by atoms with Gasteiger partial charge in [-0.15, -0.1) is 0 Å². The molecule has 2 aromatic carbocycles. The number of hydrogen-bond acceptors (Lipinski definition) is 3. The zero-order chi connectivity index (χ0) is 14.7. The number of anilines is 2. The lowest BCUT2D eigenvalue weighted by molar-refractivity contribution is 0.1000. The lowest BCUT2D eigenvalue weighted by atomic mass is 10.1. The molecule has 0 spiro atoms. The van der Waals surface area contributed by atoms with Gasteiger partial charge in [0.2, 0.25) is 5.91 Å². The maximum atomic E-state index is 13.8. The van der Waals surface area contributed by atoms with E-state index in [1.165, 1.54) is 18.2 Å². The number of carbonyl (C=O) groups is 1. The van der Waals surface area contributed by atoms with Gasteiger partial charge in [-0.2, -0.15) is 0 Å². The van der Waals surface area contributed by atoms with Gasteiger partial charge in [0.1, 0.15) is 5.82 Å². The van der Waals surface area contributed by atoms with Gasteiger partial charge in [0.05, 0.1) is 0 Å². The molecule has 4 N–H and O–H groups in total. The topological polar surface area (TPSA) is 72.3 Å². The summed E-state index contributed by atoms with van der Waals surface area (Å²) in [4.78, 5) is 13.0. The summed E-state index contributed by atoms with van der Waals surface area (Å²) >= 11 is 0. The summed E-state index contributed by atoms with van der Waals surface area (Å²) in [6, 6.07) is 11.4. The van der Waals surface area contributed by atoms with E-state index in [0.29, 0.717) is 23.4 Å². The molecule has 0 heterocycles. The van der Waals surface area contributed by atoms with E-state index in [-0.39, 0.29) is 5.82 Å². The van der Waals surface area contributed by atoms with Gasteiger partial charge in [-0.3, -0.25) is 4.79 Å². The molecular weight excluding hydrogens is 257 g/mol. The number of rotatable bonds is 4. The lowest BCUT2D eigenvalue weighted by Crippen LogP contribution is -2.18. The van der Waals surface area contributed by atoms with Gasteiger partial charge in [-0.05, 0) is 42.5 Å². The number of nitrogens with two attached hydrogens (primary N) is 2. The number of amides is 1. The Morgan fingerprint density at radius 2 is 1.85 bits per heavy atom. The van der Waals surface area contributed by atoms with Crippen molar-refractivity contribution in [1.82, 2.24) is 0 Å². The summed E-state index contributed by atoms with van der Waals surface area (Å²) in [5.74, 6) is -0.932.